The number of nitrogens with zero attached hydrogens (tertiary/aromatic N) is 1. The predicted molar refractivity (Wildman–Crippen MR) is 110 cm³/mol. The molecule has 2 heterocycles. The van der Waals surface area contributed by atoms with E-state index in [0.29, 0.717) is 18.0 Å². The Hall–Kier alpha value is -2.12. The maximum absolute atomic E-state index is 12.5. The second-order valence-electron chi connectivity index (χ2n) is 7.17. The van der Waals surface area contributed by atoms with Gasteiger partial charge in [0.2, 0.25) is 5.91 Å². The zero-order chi connectivity index (χ0) is 19.3. The average molecular weight is 401 g/mol. The van der Waals surface area contributed by atoms with Gasteiger partial charge in [-0.2, -0.15) is 0 Å². The van der Waals surface area contributed by atoms with Crippen LogP contribution in [0.2, 0.25) is 5.02 Å². The molecule has 2 aliphatic rings. The highest BCUT2D eigenvalue weighted by atomic mass is 35.5. The summed E-state index contributed by atoms with van der Waals surface area (Å²) in [5.74, 6) is -0.00529. The summed E-state index contributed by atoms with van der Waals surface area (Å²) in [6, 6.07) is 15.9. The fourth-order valence-electron chi connectivity index (χ4n) is 3.63. The third-order valence-corrected chi connectivity index (χ3v) is 5.49. The Morgan fingerprint density at radius 1 is 1.14 bits per heavy atom. The topological polar surface area (TPSA) is 65.6 Å². The van der Waals surface area contributed by atoms with Crippen LogP contribution in [0.4, 0.5) is 5.69 Å². The lowest BCUT2D eigenvalue weighted by Crippen LogP contribution is -2.42. The van der Waals surface area contributed by atoms with Crippen LogP contribution in [0.1, 0.15) is 23.6 Å². The Morgan fingerprint density at radius 3 is 2.68 bits per heavy atom. The van der Waals surface area contributed by atoms with Crippen molar-refractivity contribution in [2.75, 3.05) is 31.2 Å². The highest BCUT2D eigenvalue weighted by Gasteiger charge is 2.30. The number of halogens is 1. The molecule has 7 heteroatoms. The number of rotatable bonds is 5. The summed E-state index contributed by atoms with van der Waals surface area (Å²) in [5, 5.41) is 3.72. The van der Waals surface area contributed by atoms with Crippen molar-refractivity contribution < 1.29 is 9.53 Å². The summed E-state index contributed by atoms with van der Waals surface area (Å²) in [6.07, 6.45) is 0.683. The first-order chi connectivity index (χ1) is 13.7. The smallest absolute Gasteiger partial charge is 0.238 e. The molecule has 2 saturated heterocycles. The fraction of sp³-hybridized carbons (Fsp3) is 0.381. The van der Waals surface area contributed by atoms with Crippen molar-refractivity contribution in [3.8, 4) is 0 Å². The highest BCUT2D eigenvalue weighted by Crippen LogP contribution is 2.24. The van der Waals surface area contributed by atoms with Gasteiger partial charge in [-0.15, -0.1) is 0 Å². The minimum absolute atomic E-state index is 0.00529. The SMILES string of the molecule is O=C(NCc1ccc(N2CCOCC2)cc1)C1CC(c2cccc(Cl)c2)NN1. The van der Waals surface area contributed by atoms with Crippen LogP contribution in [0.15, 0.2) is 48.5 Å². The van der Waals surface area contributed by atoms with E-state index in [2.05, 4.69) is 45.3 Å². The van der Waals surface area contributed by atoms with Crippen LogP contribution in [0.3, 0.4) is 0 Å². The molecule has 6 nitrogen and oxygen atoms in total. The molecule has 2 aliphatic heterocycles. The van der Waals surface area contributed by atoms with Gasteiger partial charge in [0.1, 0.15) is 6.04 Å². The molecule has 0 aliphatic carbocycles. The first-order valence-corrected chi connectivity index (χ1v) is 10.0. The molecule has 2 aromatic rings. The quantitative estimate of drug-likeness (QED) is 0.719. The van der Waals surface area contributed by atoms with E-state index in [-0.39, 0.29) is 18.0 Å². The Kier molecular flexibility index (Phi) is 6.12. The molecular formula is C21H25ClN4O2. The van der Waals surface area contributed by atoms with Gasteiger partial charge in [-0.3, -0.25) is 4.79 Å². The number of nitrogens with one attached hydrogen (secondary N) is 3. The second-order valence-corrected chi connectivity index (χ2v) is 7.60. The maximum atomic E-state index is 12.5. The number of morpholine rings is 1. The molecule has 2 fully saturated rings. The van der Waals surface area contributed by atoms with Gasteiger partial charge in [-0.1, -0.05) is 35.9 Å². The van der Waals surface area contributed by atoms with Gasteiger partial charge >= 0.3 is 0 Å². The van der Waals surface area contributed by atoms with Crippen LogP contribution >= 0.6 is 11.6 Å². The van der Waals surface area contributed by atoms with Crippen LogP contribution in [0.25, 0.3) is 0 Å². The van der Waals surface area contributed by atoms with Crippen molar-refractivity contribution in [3.05, 3.63) is 64.7 Å². The fourth-order valence-corrected chi connectivity index (χ4v) is 3.83. The van der Waals surface area contributed by atoms with Gasteiger partial charge in [0, 0.05) is 36.4 Å². The Morgan fingerprint density at radius 2 is 1.93 bits per heavy atom. The summed E-state index contributed by atoms with van der Waals surface area (Å²) in [4.78, 5) is 14.8. The Balaban J connectivity index is 1.27. The van der Waals surface area contributed by atoms with E-state index in [1.807, 2.05) is 24.3 Å². The molecule has 28 heavy (non-hydrogen) atoms. The largest absolute Gasteiger partial charge is 0.378 e. The molecule has 2 atom stereocenters. The van der Waals surface area contributed by atoms with Crippen molar-refractivity contribution >= 4 is 23.2 Å². The molecule has 0 saturated carbocycles. The molecule has 0 radical (unpaired) electrons. The molecule has 3 N–H and O–H groups in total. The Bertz CT molecular complexity index is 808. The number of anilines is 1. The summed E-state index contributed by atoms with van der Waals surface area (Å²) < 4.78 is 5.39. The van der Waals surface area contributed by atoms with E-state index >= 15 is 0 Å². The number of amides is 1. The van der Waals surface area contributed by atoms with Crippen molar-refractivity contribution in [3.63, 3.8) is 0 Å². The van der Waals surface area contributed by atoms with Gasteiger partial charge in [-0.05, 0) is 41.8 Å². The average Bonchev–Trinajstić information content (AvgIpc) is 3.24. The lowest BCUT2D eigenvalue weighted by molar-refractivity contribution is -0.123. The number of benzene rings is 2. The van der Waals surface area contributed by atoms with Gasteiger partial charge < -0.3 is 15.0 Å². The van der Waals surface area contributed by atoms with Crippen LogP contribution in [0.5, 0.6) is 0 Å². The first-order valence-electron chi connectivity index (χ1n) is 9.65. The number of hydrogen-bond acceptors (Lipinski definition) is 5. The van der Waals surface area contributed by atoms with E-state index in [0.717, 1.165) is 37.4 Å². The van der Waals surface area contributed by atoms with E-state index in [1.54, 1.807) is 0 Å². The van der Waals surface area contributed by atoms with Gasteiger partial charge in [0.25, 0.3) is 0 Å². The minimum atomic E-state index is -0.267. The van der Waals surface area contributed by atoms with Crippen LogP contribution < -0.4 is 21.1 Å². The van der Waals surface area contributed by atoms with E-state index < -0.39 is 0 Å². The van der Waals surface area contributed by atoms with Crippen LogP contribution in [0, 0.1) is 0 Å². The van der Waals surface area contributed by atoms with Crippen LogP contribution in [-0.2, 0) is 16.1 Å². The van der Waals surface area contributed by atoms with Gasteiger partial charge in [-0.25, -0.2) is 10.9 Å². The van der Waals surface area contributed by atoms with Crippen molar-refractivity contribution in [2.45, 2.75) is 25.0 Å². The van der Waals surface area contributed by atoms with Gasteiger partial charge in [0.15, 0.2) is 0 Å². The molecule has 0 bridgehead atoms. The summed E-state index contributed by atoms with van der Waals surface area (Å²) in [5.41, 5.74) is 9.64. The van der Waals surface area contributed by atoms with Crippen molar-refractivity contribution in [1.29, 1.82) is 0 Å². The second kappa shape index (κ2) is 8.92. The highest BCUT2D eigenvalue weighted by molar-refractivity contribution is 6.30. The van der Waals surface area contributed by atoms with Crippen molar-refractivity contribution in [2.24, 2.45) is 0 Å². The number of ether oxygens (including phenoxy) is 1. The monoisotopic (exact) mass is 400 g/mol. The van der Waals surface area contributed by atoms with E-state index in [1.165, 1.54) is 5.69 Å². The van der Waals surface area contributed by atoms with E-state index in [4.69, 9.17) is 16.3 Å². The molecule has 1 amide bonds. The maximum Gasteiger partial charge on any atom is 0.238 e. The Labute approximate surface area is 170 Å². The van der Waals surface area contributed by atoms with Crippen molar-refractivity contribution in [1.82, 2.24) is 16.2 Å². The standard InChI is InChI=1S/C21H25ClN4O2/c22-17-3-1-2-16(12-17)19-13-20(25-24-19)21(27)23-14-15-4-6-18(7-5-15)26-8-10-28-11-9-26/h1-7,12,19-20,24-25H,8-11,13-14H2,(H,23,27). The zero-order valence-electron chi connectivity index (χ0n) is 15.7. The number of carbonyl (C=O) groups is 1. The normalized spacial score (nSPS) is 22.2. The molecule has 148 valence electrons. The zero-order valence-corrected chi connectivity index (χ0v) is 16.4. The third-order valence-electron chi connectivity index (χ3n) is 5.25. The number of hydrazine groups is 1. The molecule has 0 spiro atoms. The summed E-state index contributed by atoms with van der Waals surface area (Å²) in [6.45, 7) is 3.91. The summed E-state index contributed by atoms with van der Waals surface area (Å²) >= 11 is 6.06. The van der Waals surface area contributed by atoms with Gasteiger partial charge in [0.05, 0.1) is 13.2 Å². The minimum Gasteiger partial charge on any atom is -0.378 e. The lowest BCUT2D eigenvalue weighted by atomic mass is 10.0. The third kappa shape index (κ3) is 4.64. The molecule has 4 rings (SSSR count). The molecule has 2 aromatic carbocycles. The molecule has 0 aromatic heterocycles. The molecule has 2 unspecified atom stereocenters. The van der Waals surface area contributed by atoms with Crippen LogP contribution in [-0.4, -0.2) is 38.3 Å². The summed E-state index contributed by atoms with van der Waals surface area (Å²) in [7, 11) is 0. The number of carbonyl (C=O) groups excluding carboxylic acids is 1. The molecular weight excluding hydrogens is 376 g/mol. The number of hydrogen-bond donors (Lipinski definition) is 3. The predicted octanol–water partition coefficient (Wildman–Crippen LogP) is 2.40. The lowest BCUT2D eigenvalue weighted by Gasteiger charge is -2.28. The van der Waals surface area contributed by atoms with E-state index in [9.17, 15) is 4.79 Å². The first kappa shape index (κ1) is 19.2.